The van der Waals surface area contributed by atoms with E-state index in [1.165, 1.54) is 12.1 Å². The molecule has 0 radical (unpaired) electrons. The number of hydrogen-bond donors (Lipinski definition) is 1. The number of halogens is 1. The Morgan fingerprint density at radius 2 is 1.75 bits per heavy atom. The number of benzene rings is 2. The van der Waals surface area contributed by atoms with Crippen LogP contribution in [0.5, 0.6) is 0 Å². The lowest BCUT2D eigenvalue weighted by molar-refractivity contribution is -0.124. The van der Waals surface area contributed by atoms with Crippen molar-refractivity contribution in [2.45, 2.75) is 37.8 Å². The number of carbonyl (C=O) groups excluding carboxylic acids is 2. The highest BCUT2D eigenvalue weighted by Crippen LogP contribution is 2.60. The fraction of sp³-hybridized carbons (Fsp3) is 0.286. The van der Waals surface area contributed by atoms with Crippen LogP contribution in [-0.2, 0) is 9.59 Å². The average molecular weight is 482 g/mol. The normalized spacial score (nSPS) is 22.4. The van der Waals surface area contributed by atoms with E-state index in [1.807, 2.05) is 42.5 Å². The molecule has 8 heteroatoms. The van der Waals surface area contributed by atoms with E-state index in [0.717, 1.165) is 42.5 Å². The van der Waals surface area contributed by atoms with Crippen molar-refractivity contribution >= 4 is 28.7 Å². The molecule has 3 aliphatic rings. The van der Waals surface area contributed by atoms with Gasteiger partial charge in [0, 0.05) is 5.92 Å². The minimum absolute atomic E-state index is 0.00947. The van der Waals surface area contributed by atoms with E-state index in [9.17, 15) is 14.0 Å². The predicted molar refractivity (Wildman–Crippen MR) is 132 cm³/mol. The van der Waals surface area contributed by atoms with Gasteiger partial charge in [-0.05, 0) is 67.6 Å². The first kappa shape index (κ1) is 21.2. The minimum atomic E-state index is -0.583. The topological polar surface area (TPSA) is 80.1 Å². The van der Waals surface area contributed by atoms with Crippen LogP contribution in [0.25, 0.3) is 16.7 Å². The zero-order valence-corrected chi connectivity index (χ0v) is 19.5. The van der Waals surface area contributed by atoms with Crippen LogP contribution >= 0.6 is 0 Å². The molecular weight excluding hydrogens is 457 g/mol. The molecule has 3 fully saturated rings. The molecule has 1 saturated heterocycles. The summed E-state index contributed by atoms with van der Waals surface area (Å²) in [5.41, 5.74) is 2.50. The number of carbonyl (C=O) groups is 2. The molecule has 180 valence electrons. The Balaban J connectivity index is 1.31. The molecule has 7 rings (SSSR count). The van der Waals surface area contributed by atoms with Crippen LogP contribution in [0.2, 0.25) is 0 Å². The summed E-state index contributed by atoms with van der Waals surface area (Å²) >= 11 is 0. The molecule has 1 unspecified atom stereocenters. The number of aromatic nitrogens is 3. The van der Waals surface area contributed by atoms with E-state index in [0.29, 0.717) is 11.3 Å². The first-order chi connectivity index (χ1) is 17.5. The Morgan fingerprint density at radius 1 is 1.00 bits per heavy atom. The van der Waals surface area contributed by atoms with E-state index in [4.69, 9.17) is 4.98 Å². The maximum Gasteiger partial charge on any atom is 0.237 e. The Morgan fingerprint density at radius 3 is 2.44 bits per heavy atom. The van der Waals surface area contributed by atoms with Gasteiger partial charge in [-0.3, -0.25) is 14.5 Å². The van der Waals surface area contributed by atoms with Gasteiger partial charge in [0.05, 0.1) is 34.9 Å². The second-order valence-corrected chi connectivity index (χ2v) is 10.1. The van der Waals surface area contributed by atoms with Crippen LogP contribution < -0.4 is 10.2 Å². The summed E-state index contributed by atoms with van der Waals surface area (Å²) < 4.78 is 15.1. The Kier molecular flexibility index (Phi) is 4.55. The second-order valence-electron chi connectivity index (χ2n) is 10.1. The lowest BCUT2D eigenvalue weighted by atomic mass is 9.91. The monoisotopic (exact) mass is 481 g/mol. The maximum absolute atomic E-state index is 13.9. The van der Waals surface area contributed by atoms with Crippen molar-refractivity contribution in [2.24, 2.45) is 11.3 Å². The van der Waals surface area contributed by atoms with Gasteiger partial charge < -0.3 is 5.32 Å². The van der Waals surface area contributed by atoms with Crippen LogP contribution in [0.3, 0.4) is 0 Å². The molecule has 0 bridgehead atoms. The first-order valence-corrected chi connectivity index (χ1v) is 12.3. The SMILES string of the molecule is O=C(NC1[C@@H](c2ccccc2)N(c2ccc3c(cnn3-c3ccc(F)cc3)n2)C(=O)C12CC2)C1CC1. The average Bonchev–Trinajstić information content (AvgIpc) is 3.82. The Bertz CT molecular complexity index is 1490. The summed E-state index contributed by atoms with van der Waals surface area (Å²) in [7, 11) is 0. The molecule has 36 heavy (non-hydrogen) atoms. The van der Waals surface area contributed by atoms with Gasteiger partial charge in [-0.25, -0.2) is 14.1 Å². The molecule has 2 atom stereocenters. The summed E-state index contributed by atoms with van der Waals surface area (Å²) in [4.78, 5) is 33.4. The summed E-state index contributed by atoms with van der Waals surface area (Å²) in [6.45, 7) is 0. The van der Waals surface area contributed by atoms with Gasteiger partial charge in [0.15, 0.2) is 0 Å². The van der Waals surface area contributed by atoms with Crippen molar-refractivity contribution in [1.29, 1.82) is 0 Å². The molecule has 2 amide bonds. The number of nitrogens with zero attached hydrogens (tertiary/aromatic N) is 4. The van der Waals surface area contributed by atoms with Crippen molar-refractivity contribution < 1.29 is 14.0 Å². The smallest absolute Gasteiger partial charge is 0.237 e. The Labute approximate surface area is 206 Å². The summed E-state index contributed by atoms with van der Waals surface area (Å²) in [6.07, 6.45) is 4.99. The molecule has 2 aromatic heterocycles. The van der Waals surface area contributed by atoms with Gasteiger partial charge >= 0.3 is 0 Å². The molecular formula is C28H24FN5O2. The number of anilines is 1. The van der Waals surface area contributed by atoms with Gasteiger partial charge in [0.25, 0.3) is 0 Å². The van der Waals surface area contributed by atoms with Gasteiger partial charge in [0.1, 0.15) is 17.2 Å². The quantitative estimate of drug-likeness (QED) is 0.460. The fourth-order valence-electron chi connectivity index (χ4n) is 5.51. The standard InChI is InChI=1S/C28H24FN5O2/c29-19-8-10-20(11-9-19)34-22-12-13-23(31-21(22)16-30-34)33-24(17-4-2-1-3-5-17)25(28(14-15-28)27(33)36)32-26(35)18-6-7-18/h1-5,8-13,16,18,24-25H,6-7,14-15H2,(H,32,35)/t24-,25?/m1/s1. The van der Waals surface area contributed by atoms with Crippen molar-refractivity contribution in [3.63, 3.8) is 0 Å². The lowest BCUT2D eigenvalue weighted by Gasteiger charge is -2.29. The second kappa shape index (κ2) is 7.71. The van der Waals surface area contributed by atoms with Crippen molar-refractivity contribution in [2.75, 3.05) is 4.90 Å². The van der Waals surface area contributed by atoms with Crippen molar-refractivity contribution in [3.8, 4) is 5.69 Å². The highest BCUT2D eigenvalue weighted by atomic mass is 19.1. The third-order valence-corrected chi connectivity index (χ3v) is 7.74. The predicted octanol–water partition coefficient (Wildman–Crippen LogP) is 4.32. The summed E-state index contributed by atoms with van der Waals surface area (Å²) in [6, 6.07) is 19.1. The summed E-state index contributed by atoms with van der Waals surface area (Å²) in [5.74, 6) is 0.344. The molecule has 3 heterocycles. The maximum atomic E-state index is 13.9. The van der Waals surface area contributed by atoms with Crippen LogP contribution in [0, 0.1) is 17.2 Å². The van der Waals surface area contributed by atoms with Gasteiger partial charge in [-0.1, -0.05) is 30.3 Å². The van der Waals surface area contributed by atoms with E-state index in [2.05, 4.69) is 10.4 Å². The number of amides is 2. The zero-order valence-electron chi connectivity index (χ0n) is 19.5. The van der Waals surface area contributed by atoms with Crippen molar-refractivity contribution in [3.05, 3.63) is 84.3 Å². The molecule has 1 spiro atoms. The molecule has 2 aliphatic carbocycles. The number of fused-ring (bicyclic) bond motifs is 1. The van der Waals surface area contributed by atoms with Crippen LogP contribution in [0.15, 0.2) is 72.9 Å². The van der Waals surface area contributed by atoms with Gasteiger partial charge in [-0.2, -0.15) is 5.10 Å². The highest BCUT2D eigenvalue weighted by molar-refractivity contribution is 6.04. The number of rotatable bonds is 5. The van der Waals surface area contributed by atoms with Crippen LogP contribution in [0.1, 0.15) is 37.3 Å². The molecule has 1 aliphatic heterocycles. The molecule has 2 saturated carbocycles. The Hall–Kier alpha value is -4.07. The molecule has 4 aromatic rings. The molecule has 1 N–H and O–H groups in total. The highest BCUT2D eigenvalue weighted by Gasteiger charge is 2.67. The van der Waals surface area contributed by atoms with E-state index in [-0.39, 0.29) is 35.6 Å². The van der Waals surface area contributed by atoms with E-state index in [1.54, 1.807) is 27.9 Å². The lowest BCUT2D eigenvalue weighted by Crippen LogP contribution is -2.44. The number of nitrogens with one attached hydrogen (secondary N) is 1. The number of pyridine rings is 1. The first-order valence-electron chi connectivity index (χ1n) is 12.3. The van der Waals surface area contributed by atoms with Crippen molar-refractivity contribution in [1.82, 2.24) is 20.1 Å². The summed E-state index contributed by atoms with van der Waals surface area (Å²) in [5, 5.41) is 7.72. The van der Waals surface area contributed by atoms with Crippen LogP contribution in [-0.4, -0.2) is 32.6 Å². The molecule has 7 nitrogen and oxygen atoms in total. The number of hydrogen-bond acceptors (Lipinski definition) is 4. The largest absolute Gasteiger partial charge is 0.350 e. The van der Waals surface area contributed by atoms with E-state index >= 15 is 0 Å². The molecule has 2 aromatic carbocycles. The van der Waals surface area contributed by atoms with E-state index < -0.39 is 5.41 Å². The van der Waals surface area contributed by atoms with Crippen LogP contribution in [0.4, 0.5) is 10.2 Å². The van der Waals surface area contributed by atoms with Gasteiger partial charge in [-0.15, -0.1) is 0 Å². The zero-order chi connectivity index (χ0) is 24.4. The fourth-order valence-corrected chi connectivity index (χ4v) is 5.51. The third kappa shape index (κ3) is 3.24. The third-order valence-electron chi connectivity index (χ3n) is 7.74. The van der Waals surface area contributed by atoms with Gasteiger partial charge in [0.2, 0.25) is 11.8 Å². The minimum Gasteiger partial charge on any atom is -0.350 e.